The number of amides is 1. The lowest BCUT2D eigenvalue weighted by Gasteiger charge is -2.56. The predicted molar refractivity (Wildman–Crippen MR) is 86.1 cm³/mol. The zero-order chi connectivity index (χ0) is 16.7. The number of halogens is 2. The van der Waals surface area contributed by atoms with Crippen molar-refractivity contribution in [2.24, 2.45) is 23.0 Å². The van der Waals surface area contributed by atoms with Crippen LogP contribution in [0, 0.1) is 17.3 Å². The van der Waals surface area contributed by atoms with E-state index in [2.05, 4.69) is 19.1 Å². The van der Waals surface area contributed by atoms with Gasteiger partial charge in [-0.05, 0) is 54.9 Å². The second kappa shape index (κ2) is 5.88. The SMILES string of the molecule is CC1CC2(C(N)=O)CC(CC(F)F)CC(c3ccccc3)(C1)C2. The zero-order valence-corrected chi connectivity index (χ0v) is 13.6. The van der Waals surface area contributed by atoms with Gasteiger partial charge in [0.05, 0.1) is 5.41 Å². The summed E-state index contributed by atoms with van der Waals surface area (Å²) >= 11 is 0. The Bertz CT molecular complexity index is 576. The normalized spacial score (nSPS) is 36.9. The van der Waals surface area contributed by atoms with Crippen LogP contribution in [0.5, 0.6) is 0 Å². The molecule has 1 aromatic carbocycles. The Balaban J connectivity index is 2.03. The molecule has 0 spiro atoms. The van der Waals surface area contributed by atoms with Gasteiger partial charge in [-0.15, -0.1) is 0 Å². The van der Waals surface area contributed by atoms with E-state index >= 15 is 0 Å². The highest BCUT2D eigenvalue weighted by Crippen LogP contribution is 2.60. The van der Waals surface area contributed by atoms with E-state index in [0.29, 0.717) is 18.8 Å². The summed E-state index contributed by atoms with van der Waals surface area (Å²) in [5.41, 5.74) is 6.14. The van der Waals surface area contributed by atoms with Gasteiger partial charge in [-0.1, -0.05) is 37.3 Å². The van der Waals surface area contributed by atoms with E-state index in [1.54, 1.807) is 0 Å². The van der Waals surface area contributed by atoms with Crippen LogP contribution < -0.4 is 5.73 Å². The molecule has 2 nitrogen and oxygen atoms in total. The molecule has 2 aliphatic carbocycles. The van der Waals surface area contributed by atoms with Crippen molar-refractivity contribution in [1.29, 1.82) is 0 Å². The predicted octanol–water partition coefficient (Wildman–Crippen LogP) is 4.28. The summed E-state index contributed by atoms with van der Waals surface area (Å²) in [5, 5.41) is 0. The highest BCUT2D eigenvalue weighted by molar-refractivity contribution is 5.81. The van der Waals surface area contributed by atoms with Gasteiger partial charge in [0.2, 0.25) is 12.3 Å². The number of benzene rings is 1. The first-order valence-electron chi connectivity index (χ1n) is 8.49. The minimum Gasteiger partial charge on any atom is -0.369 e. The molecular formula is C19H25F2NO. The van der Waals surface area contributed by atoms with Crippen LogP contribution in [0.3, 0.4) is 0 Å². The molecule has 126 valence electrons. The number of hydrogen-bond donors (Lipinski definition) is 1. The van der Waals surface area contributed by atoms with Gasteiger partial charge in [0.25, 0.3) is 0 Å². The molecule has 0 saturated heterocycles. The molecular weight excluding hydrogens is 296 g/mol. The van der Waals surface area contributed by atoms with Gasteiger partial charge >= 0.3 is 0 Å². The van der Waals surface area contributed by atoms with E-state index in [1.165, 1.54) is 5.56 Å². The molecule has 3 rings (SSSR count). The Morgan fingerprint density at radius 3 is 2.52 bits per heavy atom. The van der Waals surface area contributed by atoms with E-state index in [-0.39, 0.29) is 23.7 Å². The maximum absolute atomic E-state index is 13.0. The van der Waals surface area contributed by atoms with Crippen molar-refractivity contribution in [1.82, 2.24) is 0 Å². The standard InChI is InChI=1S/C19H25F2NO/c1-13-8-18(15-5-3-2-4-6-15)10-14(7-16(20)21)11-19(9-13,12-18)17(22)23/h2-6,13-14,16H,7-12H2,1H3,(H2,22,23). The second-order valence-electron chi connectivity index (χ2n) is 7.88. The second-order valence-corrected chi connectivity index (χ2v) is 7.88. The van der Waals surface area contributed by atoms with E-state index < -0.39 is 11.8 Å². The van der Waals surface area contributed by atoms with Crippen molar-refractivity contribution in [3.8, 4) is 0 Å². The largest absolute Gasteiger partial charge is 0.369 e. The molecule has 4 heteroatoms. The summed E-state index contributed by atoms with van der Waals surface area (Å²) in [6.07, 6.45) is 1.20. The fraction of sp³-hybridized carbons (Fsp3) is 0.632. The number of carbonyl (C=O) groups is 1. The quantitative estimate of drug-likeness (QED) is 0.883. The summed E-state index contributed by atoms with van der Waals surface area (Å²) in [6.45, 7) is 2.15. The van der Waals surface area contributed by atoms with Crippen LogP contribution in [0.25, 0.3) is 0 Å². The molecule has 0 aliphatic heterocycles. The Kier molecular flexibility index (Phi) is 4.19. The Hall–Kier alpha value is -1.45. The van der Waals surface area contributed by atoms with Crippen LogP contribution in [-0.4, -0.2) is 12.3 Å². The van der Waals surface area contributed by atoms with E-state index in [0.717, 1.165) is 19.3 Å². The van der Waals surface area contributed by atoms with Gasteiger partial charge in [-0.25, -0.2) is 8.78 Å². The fourth-order valence-electron chi connectivity index (χ4n) is 5.52. The molecule has 0 heterocycles. The third-order valence-corrected chi connectivity index (χ3v) is 5.93. The average molecular weight is 321 g/mol. The third kappa shape index (κ3) is 3.00. The smallest absolute Gasteiger partial charge is 0.238 e. The lowest BCUT2D eigenvalue weighted by atomic mass is 9.48. The van der Waals surface area contributed by atoms with E-state index in [1.807, 2.05) is 18.2 Å². The lowest BCUT2D eigenvalue weighted by molar-refractivity contribution is -0.138. The first-order chi connectivity index (χ1) is 10.9. The van der Waals surface area contributed by atoms with E-state index in [4.69, 9.17) is 5.73 Å². The molecule has 2 N–H and O–H groups in total. The summed E-state index contributed by atoms with van der Waals surface area (Å²) in [7, 11) is 0. The molecule has 0 radical (unpaired) electrons. The highest BCUT2D eigenvalue weighted by Gasteiger charge is 2.56. The first kappa shape index (κ1) is 16.4. The van der Waals surface area contributed by atoms with Crippen LogP contribution in [0.1, 0.15) is 51.0 Å². The zero-order valence-electron chi connectivity index (χ0n) is 13.6. The van der Waals surface area contributed by atoms with Gasteiger partial charge < -0.3 is 5.73 Å². The van der Waals surface area contributed by atoms with Crippen molar-refractivity contribution < 1.29 is 13.6 Å². The molecule has 1 aromatic rings. The van der Waals surface area contributed by atoms with Crippen molar-refractivity contribution in [2.75, 3.05) is 0 Å². The maximum Gasteiger partial charge on any atom is 0.238 e. The number of primary amides is 1. The van der Waals surface area contributed by atoms with Crippen molar-refractivity contribution in [3.05, 3.63) is 35.9 Å². The van der Waals surface area contributed by atoms with Crippen molar-refractivity contribution >= 4 is 5.91 Å². The number of rotatable bonds is 4. The Labute approximate surface area is 136 Å². The van der Waals surface area contributed by atoms with Gasteiger partial charge in [-0.3, -0.25) is 4.79 Å². The molecule has 2 saturated carbocycles. The van der Waals surface area contributed by atoms with Gasteiger partial charge in [0.1, 0.15) is 0 Å². The molecule has 1 amide bonds. The van der Waals surface area contributed by atoms with Crippen LogP contribution >= 0.6 is 0 Å². The molecule has 23 heavy (non-hydrogen) atoms. The molecule has 0 aromatic heterocycles. The number of carbonyl (C=O) groups excluding carboxylic acids is 1. The minimum atomic E-state index is -2.33. The van der Waals surface area contributed by atoms with Gasteiger partial charge in [0, 0.05) is 6.42 Å². The first-order valence-corrected chi connectivity index (χ1v) is 8.49. The van der Waals surface area contributed by atoms with Crippen LogP contribution in [0.15, 0.2) is 30.3 Å². The fourth-order valence-corrected chi connectivity index (χ4v) is 5.52. The molecule has 2 bridgehead atoms. The molecule has 4 unspecified atom stereocenters. The number of fused-ring (bicyclic) bond motifs is 2. The molecule has 2 fully saturated rings. The summed E-state index contributed by atoms with van der Waals surface area (Å²) in [6, 6.07) is 10.1. The Morgan fingerprint density at radius 1 is 1.22 bits per heavy atom. The van der Waals surface area contributed by atoms with Crippen LogP contribution in [-0.2, 0) is 10.2 Å². The Morgan fingerprint density at radius 2 is 1.91 bits per heavy atom. The summed E-state index contributed by atoms with van der Waals surface area (Å²) in [4.78, 5) is 12.3. The molecule has 4 atom stereocenters. The number of hydrogen-bond acceptors (Lipinski definition) is 1. The monoisotopic (exact) mass is 321 g/mol. The lowest BCUT2D eigenvalue weighted by Crippen LogP contribution is -2.54. The molecule has 2 aliphatic rings. The van der Waals surface area contributed by atoms with Crippen LogP contribution in [0.4, 0.5) is 8.78 Å². The van der Waals surface area contributed by atoms with Crippen molar-refractivity contribution in [2.45, 2.75) is 57.3 Å². The minimum absolute atomic E-state index is 0.127. The third-order valence-electron chi connectivity index (χ3n) is 5.93. The van der Waals surface area contributed by atoms with Gasteiger partial charge in [0.15, 0.2) is 0 Å². The average Bonchev–Trinajstić information content (AvgIpc) is 2.46. The number of nitrogens with two attached hydrogens (primary N) is 1. The summed E-state index contributed by atoms with van der Waals surface area (Å²) in [5.74, 6) is -0.0590. The number of alkyl halides is 2. The highest BCUT2D eigenvalue weighted by atomic mass is 19.3. The van der Waals surface area contributed by atoms with E-state index in [9.17, 15) is 13.6 Å². The van der Waals surface area contributed by atoms with Gasteiger partial charge in [-0.2, -0.15) is 0 Å². The van der Waals surface area contributed by atoms with Crippen LogP contribution in [0.2, 0.25) is 0 Å². The maximum atomic E-state index is 13.0. The topological polar surface area (TPSA) is 43.1 Å². The van der Waals surface area contributed by atoms with Crippen molar-refractivity contribution in [3.63, 3.8) is 0 Å². The summed E-state index contributed by atoms with van der Waals surface area (Å²) < 4.78 is 26.0.